The molecule has 0 saturated carbocycles. The summed E-state index contributed by atoms with van der Waals surface area (Å²) < 4.78 is 0. The molecule has 1 amide bonds. The zero-order chi connectivity index (χ0) is 14.5. The maximum absolute atomic E-state index is 12.0. The summed E-state index contributed by atoms with van der Waals surface area (Å²) in [6.45, 7) is 3.17. The minimum absolute atomic E-state index is 0.00962. The third-order valence-corrected chi connectivity index (χ3v) is 3.76. The highest BCUT2D eigenvalue weighted by atomic mass is 16.3. The number of carbonyl (C=O) groups is 2. The SMILES string of the molecule is Cc1ccc(C(=O)CCC(=O)N2CCC(O)CC2)cc1. The summed E-state index contributed by atoms with van der Waals surface area (Å²) >= 11 is 0. The minimum atomic E-state index is -0.284. The van der Waals surface area contributed by atoms with Crippen molar-refractivity contribution in [2.75, 3.05) is 13.1 Å². The van der Waals surface area contributed by atoms with E-state index in [0.29, 0.717) is 31.5 Å². The molecule has 0 spiro atoms. The van der Waals surface area contributed by atoms with Crippen molar-refractivity contribution in [3.63, 3.8) is 0 Å². The van der Waals surface area contributed by atoms with Gasteiger partial charge in [0.25, 0.3) is 0 Å². The topological polar surface area (TPSA) is 57.6 Å². The lowest BCUT2D eigenvalue weighted by atomic mass is 10.0. The van der Waals surface area contributed by atoms with E-state index in [-0.39, 0.29) is 30.6 Å². The number of likely N-dealkylation sites (tertiary alicyclic amines) is 1. The highest BCUT2D eigenvalue weighted by Gasteiger charge is 2.21. The van der Waals surface area contributed by atoms with Crippen LogP contribution >= 0.6 is 0 Å². The highest BCUT2D eigenvalue weighted by Crippen LogP contribution is 2.13. The van der Waals surface area contributed by atoms with Crippen LogP contribution in [-0.4, -0.2) is 40.9 Å². The number of benzene rings is 1. The molecule has 1 aliphatic rings. The van der Waals surface area contributed by atoms with Crippen molar-refractivity contribution >= 4 is 11.7 Å². The maximum atomic E-state index is 12.0. The first kappa shape index (κ1) is 14.7. The predicted octanol–water partition coefficient (Wildman–Crippen LogP) is 1.94. The van der Waals surface area contributed by atoms with Crippen LogP contribution < -0.4 is 0 Å². The van der Waals surface area contributed by atoms with E-state index in [1.807, 2.05) is 19.1 Å². The first-order valence-electron chi connectivity index (χ1n) is 7.12. The van der Waals surface area contributed by atoms with Gasteiger partial charge in [-0.3, -0.25) is 9.59 Å². The molecule has 1 aliphatic heterocycles. The number of carbonyl (C=O) groups excluding carboxylic acids is 2. The van der Waals surface area contributed by atoms with Crippen LogP contribution in [0.2, 0.25) is 0 Å². The van der Waals surface area contributed by atoms with Crippen LogP contribution in [0.1, 0.15) is 41.6 Å². The number of nitrogens with zero attached hydrogens (tertiary/aromatic N) is 1. The fraction of sp³-hybridized carbons (Fsp3) is 0.500. The van der Waals surface area contributed by atoms with Crippen molar-refractivity contribution in [1.29, 1.82) is 0 Å². The van der Waals surface area contributed by atoms with Gasteiger partial charge in [-0.05, 0) is 19.8 Å². The lowest BCUT2D eigenvalue weighted by Crippen LogP contribution is -2.40. The summed E-state index contributed by atoms with van der Waals surface area (Å²) in [6.07, 6.45) is 1.49. The van der Waals surface area contributed by atoms with Crippen molar-refractivity contribution in [3.8, 4) is 0 Å². The Morgan fingerprint density at radius 2 is 1.75 bits per heavy atom. The second kappa shape index (κ2) is 6.66. The Balaban J connectivity index is 1.81. The Labute approximate surface area is 119 Å². The van der Waals surface area contributed by atoms with Crippen LogP contribution in [0.15, 0.2) is 24.3 Å². The van der Waals surface area contributed by atoms with E-state index in [9.17, 15) is 14.7 Å². The van der Waals surface area contributed by atoms with Crippen molar-refractivity contribution in [3.05, 3.63) is 35.4 Å². The summed E-state index contributed by atoms with van der Waals surface area (Å²) in [5.74, 6) is 0.0211. The molecule has 20 heavy (non-hydrogen) atoms. The molecule has 0 unspecified atom stereocenters. The van der Waals surface area contributed by atoms with Crippen LogP contribution in [0.25, 0.3) is 0 Å². The molecule has 1 fully saturated rings. The van der Waals surface area contributed by atoms with Crippen molar-refractivity contribution in [2.45, 2.75) is 38.7 Å². The molecule has 4 nitrogen and oxygen atoms in total. The summed E-state index contributed by atoms with van der Waals surface area (Å²) in [7, 11) is 0. The van der Waals surface area contributed by atoms with E-state index >= 15 is 0 Å². The van der Waals surface area contributed by atoms with Gasteiger partial charge in [0.05, 0.1) is 6.10 Å². The second-order valence-electron chi connectivity index (χ2n) is 5.40. The Morgan fingerprint density at radius 3 is 2.35 bits per heavy atom. The van der Waals surface area contributed by atoms with Gasteiger partial charge in [0.1, 0.15) is 0 Å². The molecule has 0 atom stereocenters. The van der Waals surface area contributed by atoms with Gasteiger partial charge >= 0.3 is 0 Å². The largest absolute Gasteiger partial charge is 0.393 e. The number of hydrogen-bond donors (Lipinski definition) is 1. The second-order valence-corrected chi connectivity index (χ2v) is 5.40. The van der Waals surface area contributed by atoms with Crippen molar-refractivity contribution in [1.82, 2.24) is 4.90 Å². The fourth-order valence-electron chi connectivity index (χ4n) is 2.38. The van der Waals surface area contributed by atoms with Crippen LogP contribution in [0, 0.1) is 6.92 Å². The smallest absolute Gasteiger partial charge is 0.223 e. The van der Waals surface area contributed by atoms with Crippen LogP contribution in [0.5, 0.6) is 0 Å². The molecule has 1 saturated heterocycles. The summed E-state index contributed by atoms with van der Waals surface area (Å²) in [5.41, 5.74) is 1.78. The van der Waals surface area contributed by atoms with Gasteiger partial charge in [0, 0.05) is 31.5 Å². The predicted molar refractivity (Wildman–Crippen MR) is 76.6 cm³/mol. The molecule has 2 rings (SSSR count). The molecule has 0 bridgehead atoms. The number of aryl methyl sites for hydroxylation is 1. The summed E-state index contributed by atoms with van der Waals surface area (Å²) in [5, 5.41) is 9.41. The van der Waals surface area contributed by atoms with E-state index in [4.69, 9.17) is 0 Å². The molecule has 1 heterocycles. The Hall–Kier alpha value is -1.68. The van der Waals surface area contributed by atoms with Gasteiger partial charge in [-0.1, -0.05) is 29.8 Å². The van der Waals surface area contributed by atoms with E-state index < -0.39 is 0 Å². The van der Waals surface area contributed by atoms with E-state index in [1.165, 1.54) is 0 Å². The first-order chi connectivity index (χ1) is 9.56. The molecule has 1 N–H and O–H groups in total. The minimum Gasteiger partial charge on any atom is -0.393 e. The Bertz CT molecular complexity index is 473. The zero-order valence-corrected chi connectivity index (χ0v) is 11.8. The number of hydrogen-bond acceptors (Lipinski definition) is 3. The van der Waals surface area contributed by atoms with Crippen molar-refractivity contribution in [2.24, 2.45) is 0 Å². The molecule has 0 aromatic heterocycles. The van der Waals surface area contributed by atoms with Crippen LogP contribution in [0.4, 0.5) is 0 Å². The molecular formula is C16H21NO3. The average Bonchev–Trinajstić information content (AvgIpc) is 2.46. The number of aliphatic hydroxyl groups excluding tert-OH is 1. The van der Waals surface area contributed by atoms with E-state index in [2.05, 4.69) is 0 Å². The normalized spacial score (nSPS) is 16.2. The Kier molecular flexibility index (Phi) is 4.90. The monoisotopic (exact) mass is 275 g/mol. The maximum Gasteiger partial charge on any atom is 0.223 e. The Morgan fingerprint density at radius 1 is 1.15 bits per heavy atom. The van der Waals surface area contributed by atoms with Gasteiger partial charge in [-0.2, -0.15) is 0 Å². The molecule has 0 radical (unpaired) electrons. The molecule has 1 aromatic rings. The van der Waals surface area contributed by atoms with Crippen molar-refractivity contribution < 1.29 is 14.7 Å². The van der Waals surface area contributed by atoms with Crippen LogP contribution in [0.3, 0.4) is 0 Å². The quantitative estimate of drug-likeness (QED) is 0.854. The first-order valence-corrected chi connectivity index (χ1v) is 7.12. The summed E-state index contributed by atoms with van der Waals surface area (Å²) in [6, 6.07) is 7.42. The number of piperidine rings is 1. The molecular weight excluding hydrogens is 254 g/mol. The number of Topliss-reactive ketones (excluding diaryl/α,β-unsaturated/α-hetero) is 1. The van der Waals surface area contributed by atoms with Gasteiger partial charge in [-0.25, -0.2) is 0 Å². The number of ketones is 1. The lowest BCUT2D eigenvalue weighted by Gasteiger charge is -2.29. The van der Waals surface area contributed by atoms with Gasteiger partial charge in [0.2, 0.25) is 5.91 Å². The highest BCUT2D eigenvalue weighted by molar-refractivity contribution is 5.97. The molecule has 1 aromatic carbocycles. The number of rotatable bonds is 4. The third-order valence-electron chi connectivity index (χ3n) is 3.76. The molecule has 4 heteroatoms. The lowest BCUT2D eigenvalue weighted by molar-refractivity contribution is -0.133. The van der Waals surface area contributed by atoms with E-state index in [1.54, 1.807) is 17.0 Å². The third kappa shape index (κ3) is 3.90. The van der Waals surface area contributed by atoms with Gasteiger partial charge in [-0.15, -0.1) is 0 Å². The number of amides is 1. The zero-order valence-electron chi connectivity index (χ0n) is 11.8. The van der Waals surface area contributed by atoms with Gasteiger partial charge < -0.3 is 10.0 Å². The summed E-state index contributed by atoms with van der Waals surface area (Å²) in [4.78, 5) is 25.7. The van der Waals surface area contributed by atoms with Gasteiger partial charge in [0.15, 0.2) is 5.78 Å². The van der Waals surface area contributed by atoms with Crippen LogP contribution in [-0.2, 0) is 4.79 Å². The standard InChI is InChI=1S/C16H21NO3/c1-12-2-4-13(5-3-12)15(19)6-7-16(20)17-10-8-14(18)9-11-17/h2-5,14,18H,6-11H2,1H3. The van der Waals surface area contributed by atoms with E-state index in [0.717, 1.165) is 5.56 Å². The fourth-order valence-corrected chi connectivity index (χ4v) is 2.38. The molecule has 108 valence electrons. The average molecular weight is 275 g/mol. The number of aliphatic hydroxyl groups is 1. The molecule has 0 aliphatic carbocycles.